The number of carbonyl (C=O) groups excluding carboxylic acids is 1. The van der Waals surface area contributed by atoms with E-state index in [0.29, 0.717) is 16.8 Å². The van der Waals surface area contributed by atoms with Gasteiger partial charge in [0.2, 0.25) is 0 Å². The number of nitrogens with zero attached hydrogens (tertiary/aromatic N) is 2. The first-order chi connectivity index (χ1) is 15.5. The van der Waals surface area contributed by atoms with Gasteiger partial charge in [-0.25, -0.2) is 4.79 Å². The topological polar surface area (TPSA) is 178 Å². The minimum atomic E-state index is -3.28. The van der Waals surface area contributed by atoms with Crippen molar-refractivity contribution in [2.24, 2.45) is 0 Å². The van der Waals surface area contributed by atoms with Gasteiger partial charge in [-0.1, -0.05) is 46.2 Å². The van der Waals surface area contributed by atoms with E-state index in [1.165, 1.54) is 8.61 Å². The van der Waals surface area contributed by atoms with E-state index in [1.54, 1.807) is 48.5 Å². The number of aliphatic hydroxyl groups is 2. The Balaban J connectivity index is 1.31. The molecule has 0 spiro atoms. The number of hydrogen-bond acceptors (Lipinski definition) is 12. The maximum atomic E-state index is 12.4. The first-order valence-corrected chi connectivity index (χ1v) is 12.9. The summed E-state index contributed by atoms with van der Waals surface area (Å²) in [6.45, 7) is 0.289. The number of benzene rings is 2. The summed E-state index contributed by atoms with van der Waals surface area (Å²) in [4.78, 5) is 12.4. The second-order valence-electron chi connectivity index (χ2n) is 7.63. The van der Waals surface area contributed by atoms with Crippen molar-refractivity contribution in [1.82, 2.24) is 13.7 Å². The summed E-state index contributed by atoms with van der Waals surface area (Å²) in [5.74, 6) is -0.533. The number of carbonyl (C=O) groups is 1. The van der Waals surface area contributed by atoms with Gasteiger partial charge in [-0.05, 0) is 35.4 Å². The van der Waals surface area contributed by atoms with Gasteiger partial charge in [-0.3, -0.25) is 22.5 Å². The Morgan fingerprint density at radius 2 is 1.45 bits per heavy atom. The Morgan fingerprint density at radius 1 is 0.879 bits per heavy atom. The van der Waals surface area contributed by atoms with Crippen LogP contribution < -0.4 is 13.7 Å². The lowest BCUT2D eigenvalue weighted by molar-refractivity contribution is 0.0472. The van der Waals surface area contributed by atoms with Crippen LogP contribution in [-0.4, -0.2) is 64.2 Å². The van der Waals surface area contributed by atoms with Gasteiger partial charge >= 0.3 is 5.97 Å². The number of nitrogens with one attached hydrogen (secondary N) is 2. The Hall–Kier alpha value is -1.95. The summed E-state index contributed by atoms with van der Waals surface area (Å²) in [7, 11) is -6.50. The summed E-state index contributed by atoms with van der Waals surface area (Å²) >= 11 is 0. The molecule has 2 aliphatic heterocycles. The largest absolute Gasteiger partial charge is 0.457 e. The Labute approximate surface area is 193 Å². The van der Waals surface area contributed by atoms with E-state index in [-0.39, 0.29) is 26.2 Å². The molecule has 8 N–H and O–H groups in total. The summed E-state index contributed by atoms with van der Waals surface area (Å²) in [6, 6.07) is 13.1. The zero-order valence-corrected chi connectivity index (χ0v) is 18.9. The lowest BCUT2D eigenvalue weighted by atomic mass is 10.1. The van der Waals surface area contributed by atoms with Crippen LogP contribution in [0.5, 0.6) is 0 Å². The lowest BCUT2D eigenvalue weighted by Crippen LogP contribution is -2.25. The van der Waals surface area contributed by atoms with E-state index in [1.807, 2.05) is 0 Å². The zero-order valence-electron chi connectivity index (χ0n) is 17.3. The molecule has 2 aromatic rings. The molecule has 0 aliphatic carbocycles. The molecule has 2 fully saturated rings. The molecule has 2 saturated heterocycles. The smallest absolute Gasteiger partial charge is 0.338 e. The number of hydrogen-bond donors (Lipinski definition) is 8. The third-order valence-electron chi connectivity index (χ3n) is 5.11. The van der Waals surface area contributed by atoms with Gasteiger partial charge < -0.3 is 14.9 Å². The van der Waals surface area contributed by atoms with Gasteiger partial charge in [-0.15, -0.1) is 0 Å². The fourth-order valence-electron chi connectivity index (χ4n) is 3.48. The monoisotopic (exact) mass is 502 g/mol. The third kappa shape index (κ3) is 5.59. The molecule has 182 valence electrons. The standard InChI is InChI=1S/C19H26N4O8S2/c24-17-10-22(32(27,28)20-17)9-13-1-5-15(6-2-13)19(26)31-12-14-3-7-16(8-4-14)23-11-18(25)21-33(23,29)30/h1-8,17-18,20-21,24-25,27-30H,9-12H2. The van der Waals surface area contributed by atoms with Crippen LogP contribution in [-0.2, 0) is 17.9 Å². The van der Waals surface area contributed by atoms with Crippen molar-refractivity contribution in [2.45, 2.75) is 25.6 Å². The number of ether oxygens (including phenoxy) is 1. The summed E-state index contributed by atoms with van der Waals surface area (Å²) < 4.78 is 52.3. The van der Waals surface area contributed by atoms with Crippen LogP contribution in [0.1, 0.15) is 21.5 Å². The van der Waals surface area contributed by atoms with E-state index in [9.17, 15) is 33.2 Å². The van der Waals surface area contributed by atoms with Gasteiger partial charge in [0.25, 0.3) is 0 Å². The van der Waals surface area contributed by atoms with Crippen LogP contribution in [0.4, 0.5) is 5.69 Å². The maximum absolute atomic E-state index is 12.4. The van der Waals surface area contributed by atoms with E-state index >= 15 is 0 Å². The molecule has 12 nitrogen and oxygen atoms in total. The molecular formula is C19H26N4O8S2. The van der Waals surface area contributed by atoms with E-state index < -0.39 is 40.3 Å². The average Bonchev–Trinajstić information content (AvgIpc) is 3.18. The third-order valence-corrected chi connectivity index (χ3v) is 8.26. The summed E-state index contributed by atoms with van der Waals surface area (Å²) in [5, 5.41) is 19.1. The number of anilines is 1. The summed E-state index contributed by atoms with van der Waals surface area (Å²) in [5.41, 5.74) is 2.25. The molecule has 4 rings (SSSR count). The Morgan fingerprint density at radius 3 is 2.00 bits per heavy atom. The van der Waals surface area contributed by atoms with Crippen LogP contribution in [0.25, 0.3) is 0 Å². The van der Waals surface area contributed by atoms with Crippen LogP contribution in [0.3, 0.4) is 0 Å². The predicted molar refractivity (Wildman–Crippen MR) is 124 cm³/mol. The highest BCUT2D eigenvalue weighted by Gasteiger charge is 2.35. The van der Waals surface area contributed by atoms with Crippen molar-refractivity contribution < 1.29 is 38.0 Å². The van der Waals surface area contributed by atoms with Crippen LogP contribution in [0.15, 0.2) is 48.5 Å². The van der Waals surface area contributed by atoms with Crippen LogP contribution >= 0.6 is 21.9 Å². The first kappa shape index (κ1) is 24.2. The number of aliphatic hydroxyl groups excluding tert-OH is 2. The van der Waals surface area contributed by atoms with Crippen LogP contribution in [0.2, 0.25) is 0 Å². The van der Waals surface area contributed by atoms with Crippen molar-refractivity contribution in [3.8, 4) is 0 Å². The van der Waals surface area contributed by atoms with Crippen molar-refractivity contribution >= 4 is 33.6 Å². The highest BCUT2D eigenvalue weighted by Crippen LogP contribution is 2.46. The van der Waals surface area contributed by atoms with Crippen molar-refractivity contribution in [2.75, 3.05) is 17.4 Å². The SMILES string of the molecule is O=C(OCc1ccc(N2CC(O)NS2(O)O)cc1)c1ccc(CN2CC(O)NS2(O)O)cc1. The molecule has 0 bridgehead atoms. The molecule has 2 aromatic carbocycles. The number of β-amino-alcohol motifs (C(OH)–C–C–N with tert-alkyl or cyclic N) is 2. The highest BCUT2D eigenvalue weighted by atomic mass is 32.3. The molecule has 0 saturated carbocycles. The minimum Gasteiger partial charge on any atom is -0.457 e. The molecule has 0 aromatic heterocycles. The second kappa shape index (κ2) is 9.36. The molecule has 0 amide bonds. The van der Waals surface area contributed by atoms with Gasteiger partial charge in [0.15, 0.2) is 0 Å². The van der Waals surface area contributed by atoms with Crippen molar-refractivity contribution in [1.29, 1.82) is 0 Å². The molecular weight excluding hydrogens is 476 g/mol. The molecule has 2 heterocycles. The summed E-state index contributed by atoms with van der Waals surface area (Å²) in [6.07, 6.45) is -2.07. The second-order valence-corrected chi connectivity index (χ2v) is 11.1. The average molecular weight is 503 g/mol. The van der Waals surface area contributed by atoms with E-state index in [2.05, 4.69) is 9.44 Å². The molecule has 33 heavy (non-hydrogen) atoms. The van der Waals surface area contributed by atoms with Gasteiger partial charge in [0, 0.05) is 6.54 Å². The van der Waals surface area contributed by atoms with Gasteiger partial charge in [-0.2, -0.15) is 13.7 Å². The molecule has 14 heteroatoms. The minimum absolute atomic E-state index is 0.0101. The van der Waals surface area contributed by atoms with Gasteiger partial charge in [0.05, 0.1) is 24.3 Å². The predicted octanol–water partition coefficient (Wildman–Crippen LogP) is 1.66. The molecule has 2 unspecified atom stereocenters. The fourth-order valence-corrected chi connectivity index (χ4v) is 6.08. The Kier molecular flexibility index (Phi) is 6.86. The number of rotatable bonds is 6. The Bertz CT molecular complexity index is 992. The molecule has 2 atom stereocenters. The van der Waals surface area contributed by atoms with E-state index in [0.717, 1.165) is 5.56 Å². The normalized spacial score (nSPS) is 26.2. The first-order valence-electron chi connectivity index (χ1n) is 9.88. The van der Waals surface area contributed by atoms with E-state index in [4.69, 9.17) is 4.74 Å². The fraction of sp³-hybridized carbons (Fsp3) is 0.316. The lowest BCUT2D eigenvalue weighted by Gasteiger charge is -2.36. The van der Waals surface area contributed by atoms with Gasteiger partial charge in [0.1, 0.15) is 19.1 Å². The maximum Gasteiger partial charge on any atom is 0.338 e. The van der Waals surface area contributed by atoms with Crippen molar-refractivity contribution in [3.63, 3.8) is 0 Å². The zero-order chi connectivity index (χ0) is 23.8. The van der Waals surface area contributed by atoms with Crippen LogP contribution in [0, 0.1) is 0 Å². The van der Waals surface area contributed by atoms with Crippen molar-refractivity contribution in [3.05, 3.63) is 65.2 Å². The molecule has 0 radical (unpaired) electrons. The quantitative estimate of drug-likeness (QED) is 0.268. The highest BCUT2D eigenvalue weighted by molar-refractivity contribution is 8.24. The molecule has 2 aliphatic rings. The number of esters is 1.